The minimum atomic E-state index is 0.620. The smallest absolute Gasteiger partial charge is 0.219 e. The lowest BCUT2D eigenvalue weighted by Crippen LogP contribution is -1.86. The summed E-state index contributed by atoms with van der Waals surface area (Å²) in [6, 6.07) is 13.5. The van der Waals surface area contributed by atoms with Crippen LogP contribution in [0.1, 0.15) is 0 Å². The van der Waals surface area contributed by atoms with Gasteiger partial charge in [-0.2, -0.15) is 0 Å². The highest BCUT2D eigenvalue weighted by molar-refractivity contribution is 14.1. The first-order valence-electron chi connectivity index (χ1n) is 5.15. The second kappa shape index (κ2) is 9.51. The second-order valence-corrected chi connectivity index (χ2v) is 4.99. The Labute approximate surface area is 134 Å². The molecule has 0 aliphatic rings. The van der Waals surface area contributed by atoms with Gasteiger partial charge in [0.15, 0.2) is 0 Å². The fraction of sp³-hybridized carbons (Fsp3) is 0.154. The number of hydrogen-bond donors (Lipinski definition) is 0. The van der Waals surface area contributed by atoms with Crippen LogP contribution in [0.15, 0.2) is 48.7 Å². The number of aromatic nitrogens is 1. The molecule has 0 N–H and O–H groups in total. The van der Waals surface area contributed by atoms with Gasteiger partial charge in [-0.15, -0.1) is 0 Å². The van der Waals surface area contributed by atoms with Crippen molar-refractivity contribution in [2.24, 2.45) is 0 Å². The number of methoxy groups -OCH3 is 1. The maximum atomic E-state index is 5.54. The number of alkyl halides is 1. The number of ether oxygens (including phenoxy) is 2. The lowest BCUT2D eigenvalue weighted by Gasteiger charge is -2.03. The van der Waals surface area contributed by atoms with E-state index in [-0.39, 0.29) is 0 Å². The number of rotatable bonds is 3. The first-order chi connectivity index (χ1) is 8.76. The minimum Gasteiger partial charge on any atom is -0.439 e. The van der Waals surface area contributed by atoms with Crippen LogP contribution in [-0.2, 0) is 4.74 Å². The van der Waals surface area contributed by atoms with Crippen LogP contribution in [0.25, 0.3) is 0 Å². The summed E-state index contributed by atoms with van der Waals surface area (Å²) < 4.78 is 12.0. The third kappa shape index (κ3) is 6.50. The molecule has 0 bridgehead atoms. The molecule has 0 unspecified atom stereocenters. The van der Waals surface area contributed by atoms with Crippen molar-refractivity contribution in [1.82, 2.24) is 4.98 Å². The number of hydrogen-bond acceptors (Lipinski definition) is 3. The van der Waals surface area contributed by atoms with Crippen molar-refractivity contribution in [2.75, 3.05) is 11.7 Å². The highest BCUT2D eigenvalue weighted by Crippen LogP contribution is 2.20. The molecule has 2 rings (SSSR count). The molecule has 0 amide bonds. The van der Waals surface area contributed by atoms with Crippen molar-refractivity contribution in [1.29, 1.82) is 0 Å². The Morgan fingerprint density at radius 1 is 1.17 bits per heavy atom. The van der Waals surface area contributed by atoms with Crippen molar-refractivity contribution < 1.29 is 9.47 Å². The topological polar surface area (TPSA) is 31.4 Å². The van der Waals surface area contributed by atoms with Gasteiger partial charge in [0, 0.05) is 22.9 Å². The Morgan fingerprint density at radius 3 is 2.50 bits per heavy atom. The van der Waals surface area contributed by atoms with Gasteiger partial charge in [0.2, 0.25) is 5.88 Å². The molecule has 0 saturated heterocycles. The van der Waals surface area contributed by atoms with Crippen molar-refractivity contribution in [3.05, 3.63) is 52.2 Å². The first-order valence-corrected chi connectivity index (χ1v) is 7.76. The lowest BCUT2D eigenvalue weighted by molar-refractivity contribution is 0.268. The van der Waals surface area contributed by atoms with Gasteiger partial charge in [0.05, 0.1) is 4.61 Å². The van der Waals surface area contributed by atoms with Gasteiger partial charge >= 0.3 is 0 Å². The Morgan fingerprint density at radius 2 is 1.94 bits per heavy atom. The molecule has 0 aliphatic heterocycles. The Kier molecular flexibility index (Phi) is 8.27. The molecule has 0 aliphatic carbocycles. The first kappa shape index (κ1) is 15.6. The molecule has 0 fully saturated rings. The Balaban J connectivity index is 0.000000357. The quantitative estimate of drug-likeness (QED) is 0.490. The minimum absolute atomic E-state index is 0.620. The van der Waals surface area contributed by atoms with Gasteiger partial charge in [-0.05, 0) is 46.9 Å². The zero-order valence-corrected chi connectivity index (χ0v) is 14.2. The maximum absolute atomic E-state index is 5.54. The number of nitrogens with zero attached hydrogens (tertiary/aromatic N) is 1. The van der Waals surface area contributed by atoms with Crippen molar-refractivity contribution in [3.8, 4) is 11.6 Å². The highest BCUT2D eigenvalue weighted by Gasteiger charge is 1.96. The van der Waals surface area contributed by atoms with Crippen LogP contribution in [0, 0.1) is 3.57 Å². The van der Waals surface area contributed by atoms with E-state index in [1.54, 1.807) is 13.3 Å². The lowest BCUT2D eigenvalue weighted by atomic mass is 10.3. The number of benzene rings is 1. The van der Waals surface area contributed by atoms with Gasteiger partial charge in [0.1, 0.15) is 5.75 Å². The Bertz CT molecular complexity index is 450. The third-order valence-corrected chi connectivity index (χ3v) is 3.06. The zero-order chi connectivity index (χ0) is 13.2. The summed E-state index contributed by atoms with van der Waals surface area (Å²) in [6.07, 6.45) is 1.71. The van der Waals surface area contributed by atoms with E-state index in [4.69, 9.17) is 4.74 Å². The van der Waals surface area contributed by atoms with Crippen LogP contribution in [0.2, 0.25) is 0 Å². The summed E-state index contributed by atoms with van der Waals surface area (Å²) in [5.74, 6) is 1.44. The molecule has 5 heteroatoms. The van der Waals surface area contributed by atoms with Crippen molar-refractivity contribution in [3.63, 3.8) is 0 Å². The van der Waals surface area contributed by atoms with Crippen LogP contribution >= 0.6 is 45.2 Å². The van der Waals surface area contributed by atoms with Gasteiger partial charge in [-0.25, -0.2) is 4.98 Å². The van der Waals surface area contributed by atoms with E-state index in [0.29, 0.717) is 5.88 Å². The van der Waals surface area contributed by atoms with Crippen molar-refractivity contribution in [2.45, 2.75) is 0 Å². The molecule has 2 aromatic rings. The van der Waals surface area contributed by atoms with Gasteiger partial charge < -0.3 is 9.47 Å². The molecule has 1 heterocycles. The van der Waals surface area contributed by atoms with Crippen LogP contribution in [0.5, 0.6) is 11.6 Å². The molecule has 0 atom stereocenters. The predicted molar refractivity (Wildman–Crippen MR) is 89.4 cm³/mol. The van der Waals surface area contributed by atoms with E-state index in [9.17, 15) is 0 Å². The fourth-order valence-electron chi connectivity index (χ4n) is 1.06. The highest BCUT2D eigenvalue weighted by atomic mass is 127. The summed E-state index contributed by atoms with van der Waals surface area (Å²) in [6.45, 7) is 0. The van der Waals surface area contributed by atoms with Crippen molar-refractivity contribution >= 4 is 45.2 Å². The van der Waals surface area contributed by atoms with E-state index in [0.717, 1.165) is 13.9 Å². The van der Waals surface area contributed by atoms with E-state index in [1.165, 1.54) is 0 Å². The van der Waals surface area contributed by atoms with Gasteiger partial charge in [-0.3, -0.25) is 0 Å². The molecule has 18 heavy (non-hydrogen) atoms. The predicted octanol–water partition coefficient (Wildman–Crippen LogP) is 4.50. The van der Waals surface area contributed by atoms with E-state index < -0.39 is 0 Å². The average Bonchev–Trinajstić information content (AvgIpc) is 2.40. The number of halogens is 2. The van der Waals surface area contributed by atoms with E-state index in [2.05, 4.69) is 54.9 Å². The molecule has 1 aromatic heterocycles. The van der Waals surface area contributed by atoms with Crippen LogP contribution < -0.4 is 4.74 Å². The molecular formula is C13H13I2NO2. The van der Waals surface area contributed by atoms with Gasteiger partial charge in [0.25, 0.3) is 0 Å². The third-order valence-electron chi connectivity index (χ3n) is 1.77. The van der Waals surface area contributed by atoms with E-state index in [1.807, 2.05) is 42.5 Å². The summed E-state index contributed by atoms with van der Waals surface area (Å²) in [5, 5.41) is 0. The summed E-state index contributed by atoms with van der Waals surface area (Å²) in [5.41, 5.74) is 0. The summed E-state index contributed by atoms with van der Waals surface area (Å²) in [7, 11) is 1.67. The number of pyridine rings is 1. The van der Waals surface area contributed by atoms with Crippen LogP contribution in [-0.4, -0.2) is 16.7 Å². The molecule has 3 nitrogen and oxygen atoms in total. The monoisotopic (exact) mass is 469 g/mol. The second-order valence-electron chi connectivity index (χ2n) is 3.13. The normalized spacial score (nSPS) is 9.28. The Hall–Kier alpha value is -0.410. The molecule has 0 saturated carbocycles. The molecule has 1 aromatic carbocycles. The fourth-order valence-corrected chi connectivity index (χ4v) is 1.57. The molecular weight excluding hydrogens is 456 g/mol. The summed E-state index contributed by atoms with van der Waals surface area (Å²) >= 11 is 4.38. The van der Waals surface area contributed by atoms with Crippen LogP contribution in [0.3, 0.4) is 0 Å². The molecule has 96 valence electrons. The molecule has 0 radical (unpaired) electrons. The standard InChI is InChI=1S/C11H8INO.C2H5IO/c12-9-4-3-5-10(8-9)14-11-6-1-2-7-13-11;1-4-2-3/h1-8H;2H2,1H3. The molecule has 0 spiro atoms. The maximum Gasteiger partial charge on any atom is 0.219 e. The SMILES string of the molecule is COCI.Ic1cccc(Oc2ccccn2)c1. The van der Waals surface area contributed by atoms with E-state index >= 15 is 0 Å². The summed E-state index contributed by atoms with van der Waals surface area (Å²) in [4.78, 5) is 4.08. The largest absolute Gasteiger partial charge is 0.439 e. The van der Waals surface area contributed by atoms with Crippen LogP contribution in [0.4, 0.5) is 0 Å². The zero-order valence-electron chi connectivity index (χ0n) is 9.85. The van der Waals surface area contributed by atoms with Gasteiger partial charge in [-0.1, -0.05) is 34.7 Å². The average molecular weight is 469 g/mol.